The maximum atomic E-state index is 13.5. The summed E-state index contributed by atoms with van der Waals surface area (Å²) in [6.07, 6.45) is 1.02. The first-order valence-electron chi connectivity index (χ1n) is 9.26. The van der Waals surface area contributed by atoms with Crippen molar-refractivity contribution in [2.75, 3.05) is 6.79 Å². The molecule has 4 nitrogen and oxygen atoms in total. The first-order valence-corrected chi connectivity index (χ1v) is 9.26. The number of benzene rings is 3. The quantitative estimate of drug-likeness (QED) is 0.678. The number of carbonyl (C=O) groups is 1. The number of ether oxygens (including phenoxy) is 2. The summed E-state index contributed by atoms with van der Waals surface area (Å²) >= 11 is 0. The molecule has 1 N–H and O–H groups in total. The normalized spacial score (nSPS) is 13.2. The van der Waals surface area contributed by atoms with E-state index >= 15 is 0 Å². The third-order valence-corrected chi connectivity index (χ3v) is 4.74. The number of rotatable bonds is 6. The van der Waals surface area contributed by atoms with E-state index in [4.69, 9.17) is 9.47 Å². The van der Waals surface area contributed by atoms with Crippen molar-refractivity contribution in [3.05, 3.63) is 95.1 Å². The minimum absolute atomic E-state index is 0.189. The zero-order valence-corrected chi connectivity index (χ0v) is 15.5. The molecule has 148 valence electrons. The van der Waals surface area contributed by atoms with Crippen LogP contribution in [-0.2, 0) is 12.8 Å². The lowest BCUT2D eigenvalue weighted by atomic mass is 9.98. The average molecular weight is 395 g/mol. The predicted octanol–water partition coefficient (Wildman–Crippen LogP) is 4.28. The van der Waals surface area contributed by atoms with Gasteiger partial charge in [0.2, 0.25) is 6.79 Å². The van der Waals surface area contributed by atoms with Crippen LogP contribution in [-0.4, -0.2) is 18.7 Å². The van der Waals surface area contributed by atoms with Crippen LogP contribution in [0.1, 0.15) is 21.5 Å². The Labute approximate surface area is 167 Å². The van der Waals surface area contributed by atoms with Gasteiger partial charge in [0.15, 0.2) is 11.5 Å². The number of carbonyl (C=O) groups excluding carboxylic acids is 1. The molecule has 0 spiro atoms. The Bertz CT molecular complexity index is 1020. The molecular weight excluding hydrogens is 376 g/mol. The molecular formula is C23H19F2NO3. The number of halogens is 2. The van der Waals surface area contributed by atoms with Gasteiger partial charge in [0.25, 0.3) is 5.91 Å². The van der Waals surface area contributed by atoms with Crippen molar-refractivity contribution in [1.29, 1.82) is 0 Å². The molecule has 3 aromatic carbocycles. The number of fused-ring (bicyclic) bond motifs is 1. The highest BCUT2D eigenvalue weighted by Crippen LogP contribution is 2.33. The molecule has 0 aromatic heterocycles. The fraction of sp³-hybridized carbons (Fsp3) is 0.174. The molecule has 3 aromatic rings. The fourth-order valence-corrected chi connectivity index (χ4v) is 3.33. The van der Waals surface area contributed by atoms with E-state index in [1.165, 1.54) is 30.3 Å². The summed E-state index contributed by atoms with van der Waals surface area (Å²) in [7, 11) is 0. The van der Waals surface area contributed by atoms with Crippen molar-refractivity contribution in [2.45, 2.75) is 18.9 Å². The molecule has 1 aliphatic heterocycles. The number of hydrogen-bond acceptors (Lipinski definition) is 3. The second-order valence-electron chi connectivity index (χ2n) is 6.90. The monoisotopic (exact) mass is 395 g/mol. The summed E-state index contributed by atoms with van der Waals surface area (Å²) in [5.41, 5.74) is 2.09. The van der Waals surface area contributed by atoms with Crippen molar-refractivity contribution in [2.24, 2.45) is 0 Å². The number of hydrogen-bond donors (Lipinski definition) is 1. The summed E-state index contributed by atoms with van der Waals surface area (Å²) < 4.78 is 37.5. The Morgan fingerprint density at radius 3 is 2.38 bits per heavy atom. The Kier molecular flexibility index (Phi) is 5.42. The van der Waals surface area contributed by atoms with Gasteiger partial charge in [0.05, 0.1) is 0 Å². The van der Waals surface area contributed by atoms with Crippen molar-refractivity contribution in [3.63, 3.8) is 0 Å². The van der Waals surface area contributed by atoms with Gasteiger partial charge in [-0.25, -0.2) is 8.78 Å². The highest BCUT2D eigenvalue weighted by Gasteiger charge is 2.19. The van der Waals surface area contributed by atoms with Crippen LogP contribution < -0.4 is 14.8 Å². The molecule has 1 atom stereocenters. The molecule has 1 amide bonds. The summed E-state index contributed by atoms with van der Waals surface area (Å²) in [6, 6.07) is 17.1. The van der Waals surface area contributed by atoms with Gasteiger partial charge < -0.3 is 14.8 Å². The summed E-state index contributed by atoms with van der Waals surface area (Å²) in [5.74, 6) is 0.206. The Hall–Kier alpha value is -3.41. The van der Waals surface area contributed by atoms with E-state index in [0.717, 1.165) is 11.1 Å². The molecule has 1 aliphatic rings. The van der Waals surface area contributed by atoms with E-state index in [-0.39, 0.29) is 30.1 Å². The van der Waals surface area contributed by atoms with Gasteiger partial charge >= 0.3 is 0 Å². The lowest BCUT2D eigenvalue weighted by Crippen LogP contribution is -2.38. The zero-order chi connectivity index (χ0) is 20.2. The zero-order valence-electron chi connectivity index (χ0n) is 15.5. The third-order valence-electron chi connectivity index (χ3n) is 4.74. The van der Waals surface area contributed by atoms with Crippen LogP contribution in [0.25, 0.3) is 0 Å². The molecule has 0 bridgehead atoms. The first-order chi connectivity index (χ1) is 14.1. The summed E-state index contributed by atoms with van der Waals surface area (Å²) in [4.78, 5) is 12.6. The lowest BCUT2D eigenvalue weighted by Gasteiger charge is -2.20. The smallest absolute Gasteiger partial charge is 0.251 e. The van der Waals surface area contributed by atoms with E-state index in [9.17, 15) is 13.6 Å². The highest BCUT2D eigenvalue weighted by atomic mass is 19.1. The van der Waals surface area contributed by atoms with Crippen LogP contribution in [0.5, 0.6) is 11.5 Å². The summed E-state index contributed by atoms with van der Waals surface area (Å²) in [6.45, 7) is 0.189. The maximum Gasteiger partial charge on any atom is 0.251 e. The molecule has 1 heterocycles. The van der Waals surface area contributed by atoms with Crippen LogP contribution in [0.2, 0.25) is 0 Å². The minimum atomic E-state index is -0.469. The molecule has 6 heteroatoms. The Balaban J connectivity index is 1.54. The van der Waals surface area contributed by atoms with Crippen molar-refractivity contribution in [1.82, 2.24) is 5.32 Å². The molecule has 29 heavy (non-hydrogen) atoms. The first kappa shape index (κ1) is 18.9. The van der Waals surface area contributed by atoms with E-state index in [0.29, 0.717) is 24.3 Å². The van der Waals surface area contributed by atoms with E-state index in [1.807, 2.05) is 18.2 Å². The predicted molar refractivity (Wildman–Crippen MR) is 104 cm³/mol. The maximum absolute atomic E-state index is 13.5. The second-order valence-corrected chi connectivity index (χ2v) is 6.90. The molecule has 0 saturated carbocycles. The summed E-state index contributed by atoms with van der Waals surface area (Å²) in [5, 5.41) is 2.97. The van der Waals surface area contributed by atoms with Crippen molar-refractivity contribution >= 4 is 5.91 Å². The van der Waals surface area contributed by atoms with Gasteiger partial charge in [-0.3, -0.25) is 4.79 Å². The fourth-order valence-electron chi connectivity index (χ4n) is 3.33. The van der Waals surface area contributed by atoms with E-state index in [2.05, 4.69) is 5.32 Å². The molecule has 0 aliphatic carbocycles. The van der Waals surface area contributed by atoms with E-state index in [1.54, 1.807) is 18.2 Å². The van der Waals surface area contributed by atoms with Crippen molar-refractivity contribution < 1.29 is 23.0 Å². The second kappa shape index (κ2) is 8.31. The van der Waals surface area contributed by atoms with Crippen LogP contribution in [0.4, 0.5) is 8.78 Å². The van der Waals surface area contributed by atoms with Gasteiger partial charge in [-0.05, 0) is 66.4 Å². The number of amides is 1. The molecule has 0 fully saturated rings. The van der Waals surface area contributed by atoms with Gasteiger partial charge in [0, 0.05) is 11.6 Å². The highest BCUT2D eigenvalue weighted by molar-refractivity contribution is 5.94. The third kappa shape index (κ3) is 4.71. The van der Waals surface area contributed by atoms with Gasteiger partial charge in [-0.2, -0.15) is 0 Å². The number of nitrogens with one attached hydrogen (secondary N) is 1. The molecule has 0 saturated heterocycles. The largest absolute Gasteiger partial charge is 0.454 e. The standard InChI is InChI=1S/C23H19F2NO3/c24-18-7-4-15(5-8-18)10-20(26-23(27)17-2-1-3-19(25)13-17)11-16-6-9-21-22(12-16)29-14-28-21/h1-9,12-13,20H,10-11,14H2,(H,26,27)/t20-/m1/s1. The van der Waals surface area contributed by atoms with Gasteiger partial charge in [-0.15, -0.1) is 0 Å². The Morgan fingerprint density at radius 1 is 0.862 bits per heavy atom. The molecule has 4 rings (SSSR count). The molecule has 0 radical (unpaired) electrons. The lowest BCUT2D eigenvalue weighted by molar-refractivity contribution is 0.0936. The minimum Gasteiger partial charge on any atom is -0.454 e. The average Bonchev–Trinajstić information content (AvgIpc) is 3.17. The van der Waals surface area contributed by atoms with Crippen LogP contribution in [0.3, 0.4) is 0 Å². The van der Waals surface area contributed by atoms with Crippen LogP contribution in [0, 0.1) is 11.6 Å². The Morgan fingerprint density at radius 2 is 1.59 bits per heavy atom. The topological polar surface area (TPSA) is 47.6 Å². The van der Waals surface area contributed by atoms with E-state index < -0.39 is 5.82 Å². The van der Waals surface area contributed by atoms with Crippen LogP contribution in [0.15, 0.2) is 66.7 Å². The van der Waals surface area contributed by atoms with Crippen LogP contribution >= 0.6 is 0 Å². The van der Waals surface area contributed by atoms with Gasteiger partial charge in [0.1, 0.15) is 11.6 Å². The van der Waals surface area contributed by atoms with Gasteiger partial charge in [-0.1, -0.05) is 24.3 Å². The van der Waals surface area contributed by atoms with Crippen molar-refractivity contribution in [3.8, 4) is 11.5 Å². The molecule has 0 unspecified atom stereocenters. The SMILES string of the molecule is O=C(N[C@H](Cc1ccc(F)cc1)Cc1ccc2c(c1)OCO2)c1cccc(F)c1.